The maximum atomic E-state index is 12.8. The molecule has 9 nitrogen and oxygen atoms in total. The Morgan fingerprint density at radius 1 is 1.12 bits per heavy atom. The van der Waals surface area contributed by atoms with Crippen molar-refractivity contribution in [1.82, 2.24) is 30.5 Å². The highest BCUT2D eigenvalue weighted by molar-refractivity contribution is 5.95. The van der Waals surface area contributed by atoms with E-state index in [0.717, 1.165) is 16.8 Å². The number of hydrogen-bond donors (Lipinski definition) is 3. The molecule has 0 radical (unpaired) electrons. The Morgan fingerprint density at radius 2 is 1.94 bits per heavy atom. The maximum Gasteiger partial charge on any atom is 0.251 e. The molecule has 0 saturated carbocycles. The molecule has 162 valence electrons. The van der Waals surface area contributed by atoms with Crippen LogP contribution in [0.1, 0.15) is 34.7 Å². The van der Waals surface area contributed by atoms with Gasteiger partial charge in [-0.2, -0.15) is 5.10 Å². The number of carbonyl (C=O) groups excluding carboxylic acids is 1. The van der Waals surface area contributed by atoms with Crippen LogP contribution in [0, 0.1) is 0 Å². The zero-order chi connectivity index (χ0) is 22.3. The zero-order valence-electron chi connectivity index (χ0n) is 17.7. The number of rotatable bonds is 8. The summed E-state index contributed by atoms with van der Waals surface area (Å²) in [5.74, 6) is 1.75. The van der Waals surface area contributed by atoms with Crippen molar-refractivity contribution >= 4 is 11.6 Å². The van der Waals surface area contributed by atoms with Crippen LogP contribution in [-0.4, -0.2) is 38.2 Å². The van der Waals surface area contributed by atoms with Gasteiger partial charge in [-0.05, 0) is 43.3 Å². The molecule has 4 rings (SSSR count). The number of nitrogens with one attached hydrogen (secondary N) is 3. The first-order valence-corrected chi connectivity index (χ1v) is 10.1. The minimum atomic E-state index is -0.238. The smallest absolute Gasteiger partial charge is 0.251 e. The van der Waals surface area contributed by atoms with E-state index in [1.807, 2.05) is 37.3 Å². The second kappa shape index (κ2) is 9.69. The Kier molecular flexibility index (Phi) is 6.35. The molecule has 3 aromatic heterocycles. The predicted molar refractivity (Wildman–Crippen MR) is 120 cm³/mol. The van der Waals surface area contributed by atoms with E-state index >= 15 is 0 Å². The number of benzene rings is 1. The fourth-order valence-corrected chi connectivity index (χ4v) is 3.24. The highest BCUT2D eigenvalue weighted by Crippen LogP contribution is 2.24. The Labute approximate surface area is 185 Å². The average molecular weight is 429 g/mol. The number of ether oxygens (including phenoxy) is 1. The molecular weight excluding hydrogens is 406 g/mol. The summed E-state index contributed by atoms with van der Waals surface area (Å²) in [5, 5.41) is 13.4. The topological polar surface area (TPSA) is 118 Å². The van der Waals surface area contributed by atoms with Crippen LogP contribution in [-0.2, 0) is 6.54 Å². The molecule has 0 aliphatic carbocycles. The molecular formula is C23H23N7O2. The Balaban J connectivity index is 1.39. The van der Waals surface area contributed by atoms with Gasteiger partial charge in [-0.15, -0.1) is 0 Å². The number of aromatic amines is 1. The largest absolute Gasteiger partial charge is 0.495 e. The van der Waals surface area contributed by atoms with Crippen molar-refractivity contribution in [2.24, 2.45) is 0 Å². The maximum absolute atomic E-state index is 12.8. The number of pyridine rings is 2. The second-order valence-electron chi connectivity index (χ2n) is 7.09. The van der Waals surface area contributed by atoms with E-state index in [1.165, 1.54) is 0 Å². The van der Waals surface area contributed by atoms with Gasteiger partial charge in [0.1, 0.15) is 11.6 Å². The lowest BCUT2D eigenvalue weighted by atomic mass is 10.1. The first kappa shape index (κ1) is 21.0. The van der Waals surface area contributed by atoms with Crippen molar-refractivity contribution in [3.8, 4) is 17.1 Å². The molecule has 3 N–H and O–H groups in total. The molecule has 1 aromatic carbocycles. The van der Waals surface area contributed by atoms with E-state index in [0.29, 0.717) is 29.5 Å². The molecule has 4 aromatic rings. The third kappa shape index (κ3) is 4.89. The van der Waals surface area contributed by atoms with Gasteiger partial charge in [-0.25, -0.2) is 4.98 Å². The monoisotopic (exact) mass is 429 g/mol. The van der Waals surface area contributed by atoms with E-state index < -0.39 is 0 Å². The lowest BCUT2D eigenvalue weighted by Gasteiger charge is -2.17. The molecule has 0 aliphatic rings. The first-order chi connectivity index (χ1) is 15.6. The van der Waals surface area contributed by atoms with E-state index in [4.69, 9.17) is 4.74 Å². The summed E-state index contributed by atoms with van der Waals surface area (Å²) in [6.07, 6.45) is 6.71. The molecule has 32 heavy (non-hydrogen) atoms. The van der Waals surface area contributed by atoms with Gasteiger partial charge in [0, 0.05) is 41.0 Å². The van der Waals surface area contributed by atoms with Crippen molar-refractivity contribution in [3.63, 3.8) is 0 Å². The van der Waals surface area contributed by atoms with E-state index in [2.05, 4.69) is 35.8 Å². The van der Waals surface area contributed by atoms with Crippen molar-refractivity contribution in [3.05, 3.63) is 84.2 Å². The van der Waals surface area contributed by atoms with Crippen molar-refractivity contribution in [2.75, 3.05) is 12.4 Å². The van der Waals surface area contributed by atoms with Crippen LogP contribution in [0.3, 0.4) is 0 Å². The fraction of sp³-hybridized carbons (Fsp3) is 0.174. The lowest BCUT2D eigenvalue weighted by Crippen LogP contribution is -2.27. The summed E-state index contributed by atoms with van der Waals surface area (Å²) in [7, 11) is 1.58. The van der Waals surface area contributed by atoms with Gasteiger partial charge in [-0.1, -0.05) is 6.07 Å². The number of H-pyrrole nitrogens is 1. The summed E-state index contributed by atoms with van der Waals surface area (Å²) in [6, 6.07) is 12.6. The Hall–Kier alpha value is -4.27. The van der Waals surface area contributed by atoms with Gasteiger partial charge in [0.15, 0.2) is 5.82 Å². The summed E-state index contributed by atoms with van der Waals surface area (Å²) in [6.45, 7) is 2.34. The molecule has 1 unspecified atom stereocenters. The van der Waals surface area contributed by atoms with E-state index in [9.17, 15) is 4.79 Å². The molecule has 1 amide bonds. The quantitative estimate of drug-likeness (QED) is 0.393. The van der Waals surface area contributed by atoms with Gasteiger partial charge >= 0.3 is 0 Å². The fourth-order valence-electron chi connectivity index (χ4n) is 3.24. The Morgan fingerprint density at radius 3 is 2.75 bits per heavy atom. The standard InChI is InChI=1S/C23H23N7O2/c1-15(19-8-11-25-13-20(19)32-2)27-23(31)17-4-3-5-18(12-17)26-14-21-28-22(30-29-21)16-6-9-24-10-7-16/h3-13,15,26H,14H2,1-2H3,(H,27,31)(H,28,29,30). The first-order valence-electron chi connectivity index (χ1n) is 10.1. The highest BCUT2D eigenvalue weighted by Gasteiger charge is 2.15. The van der Waals surface area contributed by atoms with Crippen molar-refractivity contribution in [2.45, 2.75) is 19.5 Å². The normalized spacial score (nSPS) is 11.6. The number of aromatic nitrogens is 5. The molecule has 0 bridgehead atoms. The van der Waals surface area contributed by atoms with Gasteiger partial charge in [0.2, 0.25) is 0 Å². The van der Waals surface area contributed by atoms with Crippen LogP contribution in [0.25, 0.3) is 11.4 Å². The van der Waals surface area contributed by atoms with Crippen LogP contribution in [0.5, 0.6) is 5.75 Å². The predicted octanol–water partition coefficient (Wildman–Crippen LogP) is 3.37. The average Bonchev–Trinajstić information content (AvgIpc) is 3.32. The minimum absolute atomic E-state index is 0.181. The van der Waals surface area contributed by atoms with Crippen LogP contribution in [0.4, 0.5) is 5.69 Å². The molecule has 0 saturated heterocycles. The number of nitrogens with zero attached hydrogens (tertiary/aromatic N) is 4. The molecule has 0 fully saturated rings. The summed E-state index contributed by atoms with van der Waals surface area (Å²) in [4.78, 5) is 25.3. The van der Waals surface area contributed by atoms with Gasteiger partial charge < -0.3 is 15.4 Å². The van der Waals surface area contributed by atoms with Crippen molar-refractivity contribution in [1.29, 1.82) is 0 Å². The van der Waals surface area contributed by atoms with Crippen molar-refractivity contribution < 1.29 is 9.53 Å². The van der Waals surface area contributed by atoms with Gasteiger partial charge in [0.05, 0.1) is 25.9 Å². The lowest BCUT2D eigenvalue weighted by molar-refractivity contribution is 0.0939. The van der Waals surface area contributed by atoms with Crippen LogP contribution in [0.15, 0.2) is 67.3 Å². The number of anilines is 1. The number of methoxy groups -OCH3 is 1. The third-order valence-corrected chi connectivity index (χ3v) is 4.91. The molecule has 3 heterocycles. The number of carbonyl (C=O) groups is 1. The van der Waals surface area contributed by atoms with Gasteiger partial charge in [0.25, 0.3) is 5.91 Å². The van der Waals surface area contributed by atoms with Crippen LogP contribution >= 0.6 is 0 Å². The SMILES string of the molecule is COc1cnccc1C(C)NC(=O)c1cccc(NCc2nc(-c3ccncc3)n[nH]2)c1. The Bertz CT molecular complexity index is 1190. The zero-order valence-corrected chi connectivity index (χ0v) is 17.7. The summed E-state index contributed by atoms with van der Waals surface area (Å²) >= 11 is 0. The van der Waals surface area contributed by atoms with E-state index in [1.54, 1.807) is 44.0 Å². The molecule has 0 spiro atoms. The summed E-state index contributed by atoms with van der Waals surface area (Å²) < 4.78 is 5.34. The third-order valence-electron chi connectivity index (χ3n) is 4.91. The van der Waals surface area contributed by atoms with Gasteiger partial charge in [-0.3, -0.25) is 19.9 Å². The van der Waals surface area contributed by atoms with Crippen LogP contribution < -0.4 is 15.4 Å². The molecule has 9 heteroatoms. The number of hydrogen-bond acceptors (Lipinski definition) is 7. The van der Waals surface area contributed by atoms with E-state index in [-0.39, 0.29) is 11.9 Å². The minimum Gasteiger partial charge on any atom is -0.495 e. The highest BCUT2D eigenvalue weighted by atomic mass is 16.5. The second-order valence-corrected chi connectivity index (χ2v) is 7.09. The summed E-state index contributed by atoms with van der Waals surface area (Å²) in [5.41, 5.74) is 3.10. The van der Waals surface area contributed by atoms with Crippen LogP contribution in [0.2, 0.25) is 0 Å². The number of amides is 1. The molecule has 1 atom stereocenters. The molecule has 0 aliphatic heterocycles.